The molecule has 2 heterocycles. The number of carbonyl (C=O) groups excluding carboxylic acids is 2. The molecule has 0 saturated carbocycles. The van der Waals surface area contributed by atoms with Gasteiger partial charge < -0.3 is 10.6 Å². The third-order valence-electron chi connectivity index (χ3n) is 4.49. The number of hydrogen-bond acceptors (Lipinski definition) is 4. The third kappa shape index (κ3) is 3.48. The Balaban J connectivity index is 1.73. The van der Waals surface area contributed by atoms with Gasteiger partial charge in [-0.25, -0.2) is 4.98 Å². The minimum atomic E-state index is -0.182. The smallest absolute Gasteiger partial charge is 0.231 e. The van der Waals surface area contributed by atoms with Crippen LogP contribution in [0.1, 0.15) is 29.5 Å². The summed E-state index contributed by atoms with van der Waals surface area (Å²) >= 11 is 1.43. The van der Waals surface area contributed by atoms with Crippen molar-refractivity contribution in [1.29, 1.82) is 0 Å². The van der Waals surface area contributed by atoms with Crippen LogP contribution < -0.4 is 10.6 Å². The first-order chi connectivity index (χ1) is 11.4. The van der Waals surface area contributed by atoms with E-state index in [9.17, 15) is 9.59 Å². The molecule has 1 atom stereocenters. The van der Waals surface area contributed by atoms with Gasteiger partial charge in [-0.15, -0.1) is 11.3 Å². The van der Waals surface area contributed by atoms with Crippen LogP contribution in [0.3, 0.4) is 0 Å². The highest BCUT2D eigenvalue weighted by Crippen LogP contribution is 2.29. The van der Waals surface area contributed by atoms with Gasteiger partial charge in [0, 0.05) is 23.9 Å². The Morgan fingerprint density at radius 3 is 2.71 bits per heavy atom. The molecule has 2 amide bonds. The fourth-order valence-corrected chi connectivity index (χ4v) is 3.57. The maximum Gasteiger partial charge on any atom is 0.231 e. The van der Waals surface area contributed by atoms with Crippen LogP contribution in [0.25, 0.3) is 11.3 Å². The summed E-state index contributed by atoms with van der Waals surface area (Å²) in [4.78, 5) is 28.0. The fraction of sp³-hybridized carbons (Fsp3) is 0.389. The van der Waals surface area contributed by atoms with Crippen LogP contribution in [0, 0.1) is 26.7 Å². The predicted molar refractivity (Wildman–Crippen MR) is 96.1 cm³/mol. The molecular formula is C18H21N3O2S. The number of aromatic nitrogens is 1. The molecule has 0 radical (unpaired) electrons. The zero-order valence-corrected chi connectivity index (χ0v) is 14.9. The van der Waals surface area contributed by atoms with Crippen molar-refractivity contribution in [1.82, 2.24) is 10.3 Å². The Bertz CT molecular complexity index is 788. The highest BCUT2D eigenvalue weighted by atomic mass is 32.1. The molecule has 1 saturated heterocycles. The number of amides is 2. The van der Waals surface area contributed by atoms with Gasteiger partial charge in [0.25, 0.3) is 0 Å². The summed E-state index contributed by atoms with van der Waals surface area (Å²) in [5.41, 5.74) is 5.65. The Kier molecular flexibility index (Phi) is 4.66. The largest absolute Gasteiger partial charge is 0.355 e. The first-order valence-electron chi connectivity index (χ1n) is 8.05. The zero-order valence-electron chi connectivity index (χ0n) is 14.1. The predicted octanol–water partition coefficient (Wildman–Crippen LogP) is 3.20. The SMILES string of the molecule is Cc1cc(C)c(-c2csc(NC(=O)[C@@H]3CCC(=O)NC3)n2)cc1C. The summed E-state index contributed by atoms with van der Waals surface area (Å²) in [5, 5.41) is 8.18. The zero-order chi connectivity index (χ0) is 17.3. The van der Waals surface area contributed by atoms with Crippen molar-refractivity contribution in [2.75, 3.05) is 11.9 Å². The molecule has 126 valence electrons. The number of aryl methyl sites for hydroxylation is 3. The van der Waals surface area contributed by atoms with Crippen LogP contribution in [-0.4, -0.2) is 23.3 Å². The Morgan fingerprint density at radius 1 is 1.25 bits per heavy atom. The summed E-state index contributed by atoms with van der Waals surface area (Å²) < 4.78 is 0. The fourth-order valence-electron chi connectivity index (χ4n) is 2.86. The maximum absolute atomic E-state index is 12.3. The Morgan fingerprint density at radius 2 is 2.00 bits per heavy atom. The van der Waals surface area contributed by atoms with Crippen LogP contribution in [0.4, 0.5) is 5.13 Å². The second kappa shape index (κ2) is 6.73. The minimum Gasteiger partial charge on any atom is -0.355 e. The molecule has 24 heavy (non-hydrogen) atoms. The number of nitrogens with zero attached hydrogens (tertiary/aromatic N) is 1. The highest BCUT2D eigenvalue weighted by molar-refractivity contribution is 7.14. The van der Waals surface area contributed by atoms with Gasteiger partial charge in [-0.05, 0) is 49.9 Å². The number of nitrogens with one attached hydrogen (secondary N) is 2. The number of anilines is 1. The van der Waals surface area contributed by atoms with E-state index in [0.29, 0.717) is 24.5 Å². The number of piperidine rings is 1. The van der Waals surface area contributed by atoms with Gasteiger partial charge in [-0.2, -0.15) is 0 Å². The van der Waals surface area contributed by atoms with Crippen LogP contribution in [0.2, 0.25) is 0 Å². The summed E-state index contributed by atoms with van der Waals surface area (Å²) in [6.07, 6.45) is 0.995. The molecule has 1 aliphatic heterocycles. The van der Waals surface area contributed by atoms with E-state index < -0.39 is 0 Å². The molecule has 1 aromatic carbocycles. The number of hydrogen-bond donors (Lipinski definition) is 2. The number of benzene rings is 1. The quantitative estimate of drug-likeness (QED) is 0.899. The standard InChI is InChI=1S/C18H21N3O2S/c1-10-6-12(3)14(7-11(10)2)15-9-24-18(20-15)21-17(23)13-4-5-16(22)19-8-13/h6-7,9,13H,4-5,8H2,1-3H3,(H,19,22)(H,20,21,23)/t13-/m1/s1. The second-order valence-electron chi connectivity index (χ2n) is 6.32. The topological polar surface area (TPSA) is 71.1 Å². The van der Waals surface area contributed by atoms with Gasteiger partial charge in [-0.1, -0.05) is 6.07 Å². The highest BCUT2D eigenvalue weighted by Gasteiger charge is 2.25. The molecule has 0 spiro atoms. The van der Waals surface area contributed by atoms with Gasteiger partial charge in [0.15, 0.2) is 5.13 Å². The number of rotatable bonds is 3. The van der Waals surface area contributed by atoms with Crippen molar-refractivity contribution in [3.05, 3.63) is 34.2 Å². The van der Waals surface area contributed by atoms with Crippen molar-refractivity contribution in [3.8, 4) is 11.3 Å². The van der Waals surface area contributed by atoms with Crippen molar-refractivity contribution in [2.45, 2.75) is 33.6 Å². The molecule has 6 heteroatoms. The second-order valence-corrected chi connectivity index (χ2v) is 7.18. The lowest BCUT2D eigenvalue weighted by Gasteiger charge is -2.20. The maximum atomic E-state index is 12.3. The molecule has 1 aromatic heterocycles. The van der Waals surface area contributed by atoms with Crippen molar-refractivity contribution in [2.24, 2.45) is 5.92 Å². The van der Waals surface area contributed by atoms with E-state index >= 15 is 0 Å². The van der Waals surface area contributed by atoms with E-state index in [1.165, 1.54) is 28.0 Å². The van der Waals surface area contributed by atoms with Gasteiger partial charge >= 0.3 is 0 Å². The van der Waals surface area contributed by atoms with Crippen molar-refractivity contribution >= 4 is 28.3 Å². The molecule has 0 unspecified atom stereocenters. The number of carbonyl (C=O) groups is 2. The molecule has 1 fully saturated rings. The molecule has 0 aliphatic carbocycles. The van der Waals surface area contributed by atoms with E-state index in [1.54, 1.807) is 0 Å². The first-order valence-corrected chi connectivity index (χ1v) is 8.93. The van der Waals surface area contributed by atoms with E-state index in [4.69, 9.17) is 0 Å². The molecule has 3 rings (SSSR count). The van der Waals surface area contributed by atoms with E-state index in [2.05, 4.69) is 48.5 Å². The summed E-state index contributed by atoms with van der Waals surface area (Å²) in [7, 11) is 0. The monoisotopic (exact) mass is 343 g/mol. The van der Waals surface area contributed by atoms with Crippen LogP contribution >= 0.6 is 11.3 Å². The summed E-state index contributed by atoms with van der Waals surface area (Å²) in [5.74, 6) is -0.244. The summed E-state index contributed by atoms with van der Waals surface area (Å²) in [6.45, 7) is 6.66. The van der Waals surface area contributed by atoms with Crippen LogP contribution in [0.15, 0.2) is 17.5 Å². The Hall–Kier alpha value is -2.21. The van der Waals surface area contributed by atoms with Crippen LogP contribution in [0.5, 0.6) is 0 Å². The minimum absolute atomic E-state index is 0.0146. The first kappa shape index (κ1) is 16.6. The lowest BCUT2D eigenvalue weighted by Crippen LogP contribution is -2.40. The molecule has 0 bridgehead atoms. The third-order valence-corrected chi connectivity index (χ3v) is 5.24. The lowest BCUT2D eigenvalue weighted by atomic mass is 9.98. The normalized spacial score (nSPS) is 17.5. The van der Waals surface area contributed by atoms with Gasteiger partial charge in [0.05, 0.1) is 11.6 Å². The lowest BCUT2D eigenvalue weighted by molar-refractivity contribution is -0.126. The van der Waals surface area contributed by atoms with Gasteiger partial charge in [0.2, 0.25) is 11.8 Å². The summed E-state index contributed by atoms with van der Waals surface area (Å²) in [6, 6.07) is 4.30. The van der Waals surface area contributed by atoms with Gasteiger partial charge in [0.1, 0.15) is 0 Å². The molecule has 2 N–H and O–H groups in total. The average molecular weight is 343 g/mol. The molecule has 5 nitrogen and oxygen atoms in total. The molecule has 1 aliphatic rings. The van der Waals surface area contributed by atoms with E-state index in [-0.39, 0.29) is 17.7 Å². The average Bonchev–Trinajstić information content (AvgIpc) is 2.99. The number of thiazole rings is 1. The van der Waals surface area contributed by atoms with E-state index in [1.807, 2.05) is 5.38 Å². The van der Waals surface area contributed by atoms with Gasteiger partial charge in [-0.3, -0.25) is 9.59 Å². The Labute approximate surface area is 145 Å². The van der Waals surface area contributed by atoms with E-state index in [0.717, 1.165) is 11.3 Å². The van der Waals surface area contributed by atoms with Crippen LogP contribution in [-0.2, 0) is 9.59 Å². The van der Waals surface area contributed by atoms with Crippen molar-refractivity contribution < 1.29 is 9.59 Å². The van der Waals surface area contributed by atoms with Crippen molar-refractivity contribution in [3.63, 3.8) is 0 Å². The molecular weight excluding hydrogens is 322 g/mol. The molecule has 2 aromatic rings.